The Bertz CT molecular complexity index is 1260. The van der Waals surface area contributed by atoms with Crippen LogP contribution in [0.15, 0.2) is 67.3 Å². The topological polar surface area (TPSA) is 86.0 Å². The molecule has 0 saturated heterocycles. The maximum Gasteiger partial charge on any atom is 0.183 e. The summed E-state index contributed by atoms with van der Waals surface area (Å²) in [5.74, 6) is 1.80. The van der Waals surface area contributed by atoms with Crippen molar-refractivity contribution < 1.29 is 9.53 Å². The highest BCUT2D eigenvalue weighted by Crippen LogP contribution is 2.28. The average molecular weight is 443 g/mol. The van der Waals surface area contributed by atoms with Crippen molar-refractivity contribution in [2.24, 2.45) is 0 Å². The zero-order chi connectivity index (χ0) is 22.8. The lowest BCUT2D eigenvalue weighted by molar-refractivity contribution is 0.0966. The summed E-state index contributed by atoms with van der Waals surface area (Å²) in [6.07, 6.45) is 5.84. The Balaban J connectivity index is 1.37. The molecule has 0 saturated carbocycles. The summed E-state index contributed by atoms with van der Waals surface area (Å²) in [6.45, 7) is 1.22. The lowest BCUT2D eigenvalue weighted by Gasteiger charge is -2.17. The van der Waals surface area contributed by atoms with E-state index in [1.54, 1.807) is 19.6 Å². The molecule has 2 aromatic carbocycles. The third kappa shape index (κ3) is 4.06. The van der Waals surface area contributed by atoms with Gasteiger partial charge in [-0.3, -0.25) is 9.36 Å². The SMILES string of the molecule is CNCc1nccn1-c1ccc(C2CC(=O)c3c(ncn3-c3ccc(OC)cc3)CN2)cc1. The molecule has 1 atom stereocenters. The minimum Gasteiger partial charge on any atom is -0.497 e. The van der Waals surface area contributed by atoms with Crippen LogP contribution in [0.25, 0.3) is 11.4 Å². The monoisotopic (exact) mass is 442 g/mol. The van der Waals surface area contributed by atoms with E-state index in [4.69, 9.17) is 4.74 Å². The van der Waals surface area contributed by atoms with E-state index >= 15 is 0 Å². The second kappa shape index (κ2) is 9.01. The van der Waals surface area contributed by atoms with Gasteiger partial charge < -0.3 is 19.9 Å². The largest absolute Gasteiger partial charge is 0.497 e. The number of ether oxygens (including phenoxy) is 1. The number of fused-ring (bicyclic) bond motifs is 1. The molecule has 1 unspecified atom stereocenters. The van der Waals surface area contributed by atoms with Crippen LogP contribution >= 0.6 is 0 Å². The van der Waals surface area contributed by atoms with Crippen LogP contribution in [0.3, 0.4) is 0 Å². The molecule has 0 fully saturated rings. The smallest absolute Gasteiger partial charge is 0.183 e. The number of methoxy groups -OCH3 is 1. The molecule has 2 aromatic heterocycles. The van der Waals surface area contributed by atoms with E-state index in [1.165, 1.54) is 0 Å². The number of carbonyl (C=O) groups excluding carboxylic acids is 1. The Morgan fingerprint density at radius 1 is 1.06 bits per heavy atom. The van der Waals surface area contributed by atoms with Crippen molar-refractivity contribution in [3.8, 4) is 17.1 Å². The molecule has 0 bridgehead atoms. The van der Waals surface area contributed by atoms with Gasteiger partial charge in [-0.25, -0.2) is 9.97 Å². The number of aromatic nitrogens is 4. The molecule has 0 aliphatic carbocycles. The summed E-state index contributed by atoms with van der Waals surface area (Å²) in [4.78, 5) is 22.2. The minimum absolute atomic E-state index is 0.0725. The molecule has 5 rings (SSSR count). The van der Waals surface area contributed by atoms with Gasteiger partial charge in [-0.1, -0.05) is 12.1 Å². The van der Waals surface area contributed by atoms with Crippen molar-refractivity contribution in [2.45, 2.75) is 25.6 Å². The van der Waals surface area contributed by atoms with Gasteiger partial charge in [-0.15, -0.1) is 0 Å². The van der Waals surface area contributed by atoms with Crippen LogP contribution in [0.2, 0.25) is 0 Å². The molecule has 4 aromatic rings. The maximum absolute atomic E-state index is 13.3. The molecule has 0 amide bonds. The predicted octanol–water partition coefficient (Wildman–Crippen LogP) is 3.20. The van der Waals surface area contributed by atoms with Gasteiger partial charge >= 0.3 is 0 Å². The number of imidazole rings is 2. The molecular formula is C25H26N6O2. The third-order valence-electron chi connectivity index (χ3n) is 5.99. The zero-order valence-corrected chi connectivity index (χ0v) is 18.7. The summed E-state index contributed by atoms with van der Waals surface area (Å²) in [5, 5.41) is 6.65. The van der Waals surface area contributed by atoms with E-state index < -0.39 is 0 Å². The first-order valence-electron chi connectivity index (χ1n) is 10.9. The summed E-state index contributed by atoms with van der Waals surface area (Å²) >= 11 is 0. The first-order valence-corrected chi connectivity index (χ1v) is 10.9. The number of benzene rings is 2. The number of ketones is 1. The summed E-state index contributed by atoms with van der Waals surface area (Å²) in [6, 6.07) is 15.8. The molecule has 0 spiro atoms. The molecule has 8 nitrogen and oxygen atoms in total. The lowest BCUT2D eigenvalue weighted by atomic mass is 10.0. The second-order valence-corrected chi connectivity index (χ2v) is 8.00. The molecule has 3 heterocycles. The normalized spacial score (nSPS) is 15.8. The van der Waals surface area contributed by atoms with Crippen molar-refractivity contribution in [1.29, 1.82) is 0 Å². The Hall–Kier alpha value is -3.75. The summed E-state index contributed by atoms with van der Waals surface area (Å²) < 4.78 is 9.17. The number of carbonyl (C=O) groups is 1. The fourth-order valence-corrected chi connectivity index (χ4v) is 4.28. The van der Waals surface area contributed by atoms with Crippen LogP contribution in [0, 0.1) is 0 Å². The van der Waals surface area contributed by atoms with Gasteiger partial charge in [-0.2, -0.15) is 0 Å². The Labute approximate surface area is 192 Å². The molecular weight excluding hydrogens is 416 g/mol. The van der Waals surface area contributed by atoms with Crippen molar-refractivity contribution >= 4 is 5.78 Å². The lowest BCUT2D eigenvalue weighted by Crippen LogP contribution is -2.20. The number of rotatable bonds is 6. The van der Waals surface area contributed by atoms with E-state index in [0.29, 0.717) is 25.2 Å². The number of nitrogens with one attached hydrogen (secondary N) is 2. The number of hydrogen-bond acceptors (Lipinski definition) is 6. The molecule has 2 N–H and O–H groups in total. The summed E-state index contributed by atoms with van der Waals surface area (Å²) in [5.41, 5.74) is 4.41. The Morgan fingerprint density at radius 2 is 1.79 bits per heavy atom. The molecule has 1 aliphatic rings. The second-order valence-electron chi connectivity index (χ2n) is 8.00. The van der Waals surface area contributed by atoms with Crippen molar-refractivity contribution in [3.05, 3.63) is 90.0 Å². The Kier molecular flexibility index (Phi) is 5.77. The van der Waals surface area contributed by atoms with Crippen LogP contribution in [0.5, 0.6) is 5.75 Å². The van der Waals surface area contributed by atoms with E-state index in [-0.39, 0.29) is 11.8 Å². The standard InChI is InChI=1S/C25H26N6O2/c1-26-15-24-27-11-12-30(24)18-5-3-17(4-6-18)21-13-23(32)25-22(14-28-21)29-16-31(25)19-7-9-20(33-2)10-8-19/h3-12,16,21,26,28H,13-15H2,1-2H3. The van der Waals surface area contributed by atoms with Gasteiger partial charge in [-0.05, 0) is 49.0 Å². The number of Topliss-reactive ketones (excluding diaryl/α,β-unsaturated/α-hetero) is 1. The average Bonchev–Trinajstić information content (AvgIpc) is 3.46. The van der Waals surface area contributed by atoms with Gasteiger partial charge in [0.1, 0.15) is 23.6 Å². The van der Waals surface area contributed by atoms with Crippen LogP contribution < -0.4 is 15.4 Å². The quantitative estimate of drug-likeness (QED) is 0.477. The van der Waals surface area contributed by atoms with Gasteiger partial charge in [0, 0.05) is 42.8 Å². The van der Waals surface area contributed by atoms with E-state index in [1.807, 2.05) is 42.1 Å². The van der Waals surface area contributed by atoms with E-state index in [9.17, 15) is 4.79 Å². The highest BCUT2D eigenvalue weighted by Gasteiger charge is 2.27. The number of nitrogens with zero attached hydrogens (tertiary/aromatic N) is 4. The molecule has 168 valence electrons. The fourth-order valence-electron chi connectivity index (χ4n) is 4.28. The Morgan fingerprint density at radius 3 is 2.52 bits per heavy atom. The fraction of sp³-hybridized carbons (Fsp3) is 0.240. The minimum atomic E-state index is -0.0790. The zero-order valence-electron chi connectivity index (χ0n) is 18.7. The predicted molar refractivity (Wildman–Crippen MR) is 125 cm³/mol. The first-order chi connectivity index (χ1) is 16.2. The van der Waals surface area contributed by atoms with Gasteiger partial charge in [0.15, 0.2) is 5.78 Å². The van der Waals surface area contributed by atoms with Crippen LogP contribution in [0.1, 0.15) is 40.0 Å². The molecule has 8 heteroatoms. The van der Waals surface area contributed by atoms with E-state index in [2.05, 4.69) is 49.4 Å². The van der Waals surface area contributed by atoms with Gasteiger partial charge in [0.05, 0.1) is 19.3 Å². The maximum atomic E-state index is 13.3. The summed E-state index contributed by atoms with van der Waals surface area (Å²) in [7, 11) is 3.54. The first kappa shape index (κ1) is 21.1. The van der Waals surface area contributed by atoms with Crippen molar-refractivity contribution in [1.82, 2.24) is 29.7 Å². The van der Waals surface area contributed by atoms with Crippen molar-refractivity contribution in [3.63, 3.8) is 0 Å². The molecule has 0 radical (unpaired) electrons. The number of hydrogen-bond donors (Lipinski definition) is 2. The van der Waals surface area contributed by atoms with Crippen molar-refractivity contribution in [2.75, 3.05) is 14.2 Å². The van der Waals surface area contributed by atoms with Crippen LogP contribution in [-0.2, 0) is 13.1 Å². The van der Waals surface area contributed by atoms with Gasteiger partial charge in [0.2, 0.25) is 0 Å². The van der Waals surface area contributed by atoms with Gasteiger partial charge in [0.25, 0.3) is 0 Å². The van der Waals surface area contributed by atoms with Crippen LogP contribution in [-0.4, -0.2) is 39.0 Å². The highest BCUT2D eigenvalue weighted by atomic mass is 16.5. The van der Waals surface area contributed by atoms with Crippen LogP contribution in [0.4, 0.5) is 0 Å². The third-order valence-corrected chi connectivity index (χ3v) is 5.99. The molecule has 33 heavy (non-hydrogen) atoms. The van der Waals surface area contributed by atoms with E-state index in [0.717, 1.165) is 34.2 Å². The highest BCUT2D eigenvalue weighted by molar-refractivity contribution is 5.97. The molecule has 1 aliphatic heterocycles.